The monoisotopic (exact) mass is 284 g/mol. The minimum absolute atomic E-state index is 0.372. The number of hydrogen-bond donors (Lipinski definition) is 0. The maximum absolute atomic E-state index is 6.68. The lowest BCUT2D eigenvalue weighted by atomic mass is 9.98. The SMILES string of the molecule is CCC(C)O[Si](OC(C)CC)(C1CCC1)C1CCC1. The van der Waals surface area contributed by atoms with Gasteiger partial charge in [0.05, 0.1) is 0 Å². The minimum Gasteiger partial charge on any atom is -0.391 e. The van der Waals surface area contributed by atoms with E-state index in [2.05, 4.69) is 27.7 Å². The molecule has 2 fully saturated rings. The Morgan fingerprint density at radius 1 is 0.842 bits per heavy atom. The first-order chi connectivity index (χ1) is 9.12. The second kappa shape index (κ2) is 6.73. The fourth-order valence-electron chi connectivity index (χ4n) is 3.16. The van der Waals surface area contributed by atoms with Gasteiger partial charge in [0.1, 0.15) is 0 Å². The largest absolute Gasteiger partial charge is 0.391 e. The van der Waals surface area contributed by atoms with Gasteiger partial charge < -0.3 is 8.85 Å². The van der Waals surface area contributed by atoms with Crippen molar-refractivity contribution in [2.24, 2.45) is 0 Å². The fourth-order valence-corrected chi connectivity index (χ4v) is 8.67. The summed E-state index contributed by atoms with van der Waals surface area (Å²) in [6, 6.07) is 0. The van der Waals surface area contributed by atoms with E-state index >= 15 is 0 Å². The van der Waals surface area contributed by atoms with Crippen molar-refractivity contribution in [2.75, 3.05) is 0 Å². The summed E-state index contributed by atoms with van der Waals surface area (Å²) in [6.45, 7) is 8.93. The maximum Gasteiger partial charge on any atom is 0.345 e. The van der Waals surface area contributed by atoms with Crippen LogP contribution in [0.2, 0.25) is 11.1 Å². The van der Waals surface area contributed by atoms with Crippen LogP contribution in [0.25, 0.3) is 0 Å². The van der Waals surface area contributed by atoms with Crippen LogP contribution >= 0.6 is 0 Å². The molecule has 2 rings (SSSR count). The zero-order chi connectivity index (χ0) is 13.9. The molecule has 2 atom stereocenters. The van der Waals surface area contributed by atoms with E-state index in [4.69, 9.17) is 8.85 Å². The molecule has 112 valence electrons. The van der Waals surface area contributed by atoms with Crippen molar-refractivity contribution in [1.82, 2.24) is 0 Å². The highest BCUT2D eigenvalue weighted by Crippen LogP contribution is 2.54. The average Bonchev–Trinajstić information content (AvgIpc) is 2.23. The summed E-state index contributed by atoms with van der Waals surface area (Å²) in [6.07, 6.45) is 11.2. The Balaban J connectivity index is 2.15. The second-order valence-corrected chi connectivity index (χ2v) is 10.2. The van der Waals surface area contributed by atoms with Gasteiger partial charge in [0.15, 0.2) is 0 Å². The van der Waals surface area contributed by atoms with Crippen LogP contribution in [-0.4, -0.2) is 20.8 Å². The molecule has 0 radical (unpaired) electrons. The minimum atomic E-state index is -2.00. The van der Waals surface area contributed by atoms with Crippen molar-refractivity contribution in [3.05, 3.63) is 0 Å². The van der Waals surface area contributed by atoms with Crippen molar-refractivity contribution in [3.8, 4) is 0 Å². The zero-order valence-corrected chi connectivity index (χ0v) is 14.3. The van der Waals surface area contributed by atoms with E-state index in [0.717, 1.165) is 23.9 Å². The van der Waals surface area contributed by atoms with Crippen LogP contribution in [0.15, 0.2) is 0 Å². The summed E-state index contributed by atoms with van der Waals surface area (Å²) in [5.74, 6) is 0. The third kappa shape index (κ3) is 3.25. The summed E-state index contributed by atoms with van der Waals surface area (Å²) < 4.78 is 13.4. The van der Waals surface area contributed by atoms with Gasteiger partial charge in [-0.1, -0.05) is 26.7 Å². The molecule has 0 saturated heterocycles. The Kier molecular flexibility index (Phi) is 5.50. The Hall–Kier alpha value is 0.137. The predicted molar refractivity (Wildman–Crippen MR) is 82.6 cm³/mol. The molecule has 3 heteroatoms. The van der Waals surface area contributed by atoms with Gasteiger partial charge in [0.2, 0.25) is 0 Å². The first-order valence-electron chi connectivity index (χ1n) is 8.48. The molecule has 19 heavy (non-hydrogen) atoms. The standard InChI is InChI=1S/C16H32O2Si/c1-5-13(3)17-19(15-9-7-10-15,16-11-8-12-16)18-14(4)6-2/h13-16H,5-12H2,1-4H3. The van der Waals surface area contributed by atoms with Gasteiger partial charge in [-0.05, 0) is 52.4 Å². The molecule has 2 aliphatic rings. The molecule has 2 unspecified atom stereocenters. The van der Waals surface area contributed by atoms with Crippen molar-refractivity contribution < 1.29 is 8.85 Å². The molecule has 2 nitrogen and oxygen atoms in total. The topological polar surface area (TPSA) is 18.5 Å². The van der Waals surface area contributed by atoms with E-state index in [9.17, 15) is 0 Å². The van der Waals surface area contributed by atoms with E-state index in [1.54, 1.807) is 0 Å². The van der Waals surface area contributed by atoms with Gasteiger partial charge in [-0.3, -0.25) is 0 Å². The van der Waals surface area contributed by atoms with Crippen LogP contribution in [-0.2, 0) is 8.85 Å². The molecule has 2 saturated carbocycles. The molecule has 0 aliphatic heterocycles. The van der Waals surface area contributed by atoms with Crippen molar-refractivity contribution in [2.45, 2.75) is 102 Å². The molecule has 0 bridgehead atoms. The third-order valence-electron chi connectivity index (χ3n) is 5.27. The third-order valence-corrected chi connectivity index (χ3v) is 10.2. The zero-order valence-electron chi connectivity index (χ0n) is 13.3. The predicted octanol–water partition coefficient (Wildman–Crippen LogP) is 5.17. The van der Waals surface area contributed by atoms with Crippen LogP contribution in [0.4, 0.5) is 0 Å². The van der Waals surface area contributed by atoms with E-state index < -0.39 is 8.56 Å². The number of rotatable bonds is 8. The van der Waals surface area contributed by atoms with Gasteiger partial charge in [-0.2, -0.15) is 0 Å². The number of hydrogen-bond acceptors (Lipinski definition) is 2. The van der Waals surface area contributed by atoms with E-state index in [1.807, 2.05) is 0 Å². The summed E-state index contributed by atoms with van der Waals surface area (Å²) in [5.41, 5.74) is 1.56. The van der Waals surface area contributed by atoms with E-state index in [0.29, 0.717) is 12.2 Å². The molecule has 0 amide bonds. The molecule has 0 N–H and O–H groups in total. The van der Waals surface area contributed by atoms with Crippen LogP contribution in [0.3, 0.4) is 0 Å². The van der Waals surface area contributed by atoms with E-state index in [-0.39, 0.29) is 0 Å². The van der Waals surface area contributed by atoms with Crippen LogP contribution in [0, 0.1) is 0 Å². The van der Waals surface area contributed by atoms with Gasteiger partial charge in [0, 0.05) is 23.3 Å². The molecule has 0 aromatic rings. The summed E-state index contributed by atoms with van der Waals surface area (Å²) in [4.78, 5) is 0. The summed E-state index contributed by atoms with van der Waals surface area (Å²) in [7, 11) is -2.00. The van der Waals surface area contributed by atoms with Crippen LogP contribution < -0.4 is 0 Å². The average molecular weight is 285 g/mol. The molecular formula is C16H32O2Si. The smallest absolute Gasteiger partial charge is 0.345 e. The Labute approximate surface area is 120 Å². The molecule has 0 heterocycles. The second-order valence-electron chi connectivity index (χ2n) is 6.65. The Morgan fingerprint density at radius 3 is 1.42 bits per heavy atom. The highest BCUT2D eigenvalue weighted by atomic mass is 28.4. The maximum atomic E-state index is 6.68. The van der Waals surface area contributed by atoms with Crippen LogP contribution in [0.1, 0.15) is 79.1 Å². The van der Waals surface area contributed by atoms with Gasteiger partial charge >= 0.3 is 8.56 Å². The highest BCUT2D eigenvalue weighted by Gasteiger charge is 2.57. The van der Waals surface area contributed by atoms with Gasteiger partial charge in [-0.25, -0.2) is 0 Å². The van der Waals surface area contributed by atoms with Gasteiger partial charge in [-0.15, -0.1) is 0 Å². The lowest BCUT2D eigenvalue weighted by Gasteiger charge is -2.51. The summed E-state index contributed by atoms with van der Waals surface area (Å²) in [5, 5.41) is 0. The normalized spacial score (nSPS) is 24.6. The summed E-state index contributed by atoms with van der Waals surface area (Å²) >= 11 is 0. The van der Waals surface area contributed by atoms with Crippen molar-refractivity contribution >= 4 is 8.56 Å². The van der Waals surface area contributed by atoms with E-state index in [1.165, 1.54) is 38.5 Å². The Morgan fingerprint density at radius 2 is 1.21 bits per heavy atom. The molecule has 0 spiro atoms. The van der Waals surface area contributed by atoms with Crippen molar-refractivity contribution in [1.29, 1.82) is 0 Å². The fraction of sp³-hybridized carbons (Fsp3) is 1.00. The first kappa shape index (κ1) is 15.5. The first-order valence-corrected chi connectivity index (χ1v) is 10.4. The molecule has 0 aromatic carbocycles. The highest BCUT2D eigenvalue weighted by molar-refractivity contribution is 6.71. The molecule has 0 aromatic heterocycles. The van der Waals surface area contributed by atoms with Gasteiger partial charge in [0.25, 0.3) is 0 Å². The quantitative estimate of drug-likeness (QED) is 0.573. The lowest BCUT2D eigenvalue weighted by molar-refractivity contribution is 0.0566. The van der Waals surface area contributed by atoms with Crippen molar-refractivity contribution in [3.63, 3.8) is 0 Å². The molecule has 2 aliphatic carbocycles. The molecular weight excluding hydrogens is 252 g/mol. The lowest BCUT2D eigenvalue weighted by Crippen LogP contribution is -2.57. The Bertz CT molecular complexity index is 246. The van der Waals surface area contributed by atoms with Crippen LogP contribution in [0.5, 0.6) is 0 Å².